The fraction of sp³-hybridized carbons (Fsp3) is 0.333. The molecule has 1 spiro atoms. The molecular weight excluding hydrogens is 240 g/mol. The van der Waals surface area contributed by atoms with Gasteiger partial charge in [0.05, 0.1) is 11.1 Å². The number of hydrogen-bond acceptors (Lipinski definition) is 2. The highest BCUT2D eigenvalue weighted by Crippen LogP contribution is 2.48. The Balaban J connectivity index is 1.97. The molecule has 4 nitrogen and oxygen atoms in total. The van der Waals surface area contributed by atoms with Crippen LogP contribution in [0.2, 0.25) is 5.02 Å². The van der Waals surface area contributed by atoms with Gasteiger partial charge in [0, 0.05) is 11.6 Å². The largest absolute Gasteiger partial charge is 0.336 e. The van der Waals surface area contributed by atoms with E-state index >= 15 is 0 Å². The topological polar surface area (TPSA) is 49.4 Å². The third kappa shape index (κ3) is 1.60. The molecule has 0 radical (unpaired) electrons. The molecule has 0 bridgehead atoms. The van der Waals surface area contributed by atoms with E-state index in [2.05, 4.69) is 5.32 Å². The molecule has 1 aliphatic heterocycles. The zero-order chi connectivity index (χ0) is 12.0. The van der Waals surface area contributed by atoms with Gasteiger partial charge in [-0.2, -0.15) is 0 Å². The molecule has 1 N–H and O–H groups in total. The Hall–Kier alpha value is -1.55. The van der Waals surface area contributed by atoms with Crippen molar-refractivity contribution in [2.75, 3.05) is 11.4 Å². The molecule has 0 aromatic heterocycles. The highest BCUT2D eigenvalue weighted by Gasteiger charge is 2.56. The van der Waals surface area contributed by atoms with E-state index < -0.39 is 0 Å². The van der Waals surface area contributed by atoms with Crippen molar-refractivity contribution < 1.29 is 9.59 Å². The number of carbonyl (C=O) groups is 2. The summed E-state index contributed by atoms with van der Waals surface area (Å²) in [6.45, 7) is 0.467. The number of amides is 3. The van der Waals surface area contributed by atoms with E-state index in [9.17, 15) is 9.59 Å². The number of halogens is 1. The van der Waals surface area contributed by atoms with Gasteiger partial charge in [-0.15, -0.1) is 0 Å². The summed E-state index contributed by atoms with van der Waals surface area (Å²) in [6, 6.07) is 6.36. The van der Waals surface area contributed by atoms with Gasteiger partial charge < -0.3 is 5.32 Å². The number of anilines is 1. The van der Waals surface area contributed by atoms with Crippen molar-refractivity contribution in [2.24, 2.45) is 5.41 Å². The fourth-order valence-corrected chi connectivity index (χ4v) is 2.22. The lowest BCUT2D eigenvalue weighted by molar-refractivity contribution is -0.123. The summed E-state index contributed by atoms with van der Waals surface area (Å²) in [5.41, 5.74) is 0.232. The molecule has 17 heavy (non-hydrogen) atoms. The molecule has 2 aliphatic rings. The molecule has 1 saturated carbocycles. The first-order valence-corrected chi connectivity index (χ1v) is 5.88. The summed E-state index contributed by atoms with van der Waals surface area (Å²) in [6.07, 6.45) is 1.71. The number of nitrogens with zero attached hydrogens (tertiary/aromatic N) is 1. The maximum absolute atomic E-state index is 12.2. The second kappa shape index (κ2) is 3.47. The van der Waals surface area contributed by atoms with Crippen molar-refractivity contribution in [1.29, 1.82) is 0 Å². The van der Waals surface area contributed by atoms with Crippen LogP contribution in [0.5, 0.6) is 0 Å². The summed E-state index contributed by atoms with van der Waals surface area (Å²) >= 11 is 5.79. The molecule has 2 fully saturated rings. The van der Waals surface area contributed by atoms with Gasteiger partial charge in [-0.25, -0.2) is 9.69 Å². The monoisotopic (exact) mass is 250 g/mol. The minimum absolute atomic E-state index is 0.0939. The van der Waals surface area contributed by atoms with Crippen molar-refractivity contribution >= 4 is 29.2 Å². The second-order valence-corrected chi connectivity index (χ2v) is 4.99. The molecule has 0 atom stereocenters. The van der Waals surface area contributed by atoms with Crippen molar-refractivity contribution in [3.8, 4) is 0 Å². The first-order chi connectivity index (χ1) is 8.12. The minimum atomic E-state index is -0.352. The van der Waals surface area contributed by atoms with Crippen molar-refractivity contribution in [3.63, 3.8) is 0 Å². The molecule has 5 heteroatoms. The third-order valence-corrected chi connectivity index (χ3v) is 3.63. The lowest BCUT2D eigenvalue weighted by atomic mass is 10.0. The van der Waals surface area contributed by atoms with Crippen molar-refractivity contribution in [3.05, 3.63) is 29.3 Å². The summed E-state index contributed by atoms with van der Waals surface area (Å²) < 4.78 is 0. The highest BCUT2D eigenvalue weighted by atomic mass is 35.5. The zero-order valence-corrected chi connectivity index (χ0v) is 9.83. The fourth-order valence-electron chi connectivity index (χ4n) is 2.10. The summed E-state index contributed by atoms with van der Waals surface area (Å²) in [5, 5.41) is 3.34. The Morgan fingerprint density at radius 3 is 2.41 bits per heavy atom. The number of carbonyl (C=O) groups excluding carboxylic acids is 2. The molecular formula is C12H11ClN2O2. The Bertz CT molecular complexity index is 494. The van der Waals surface area contributed by atoms with Crippen LogP contribution in [0.4, 0.5) is 10.5 Å². The highest BCUT2D eigenvalue weighted by molar-refractivity contribution is 6.30. The maximum atomic E-state index is 12.2. The van der Waals surface area contributed by atoms with Crippen LogP contribution in [-0.2, 0) is 4.79 Å². The maximum Gasteiger partial charge on any atom is 0.328 e. The van der Waals surface area contributed by atoms with Gasteiger partial charge in [-0.05, 0) is 37.1 Å². The smallest absolute Gasteiger partial charge is 0.328 e. The lowest BCUT2D eigenvalue weighted by Crippen LogP contribution is -2.56. The third-order valence-electron chi connectivity index (χ3n) is 3.38. The SMILES string of the molecule is O=C1NCC2(CC2)C(=O)N1c1ccc(Cl)cc1. The molecule has 0 unspecified atom stereocenters. The van der Waals surface area contributed by atoms with Crippen LogP contribution in [-0.4, -0.2) is 18.5 Å². The number of rotatable bonds is 1. The van der Waals surface area contributed by atoms with Gasteiger partial charge in [-0.3, -0.25) is 4.79 Å². The quantitative estimate of drug-likeness (QED) is 0.831. The van der Waals surface area contributed by atoms with Gasteiger partial charge in [0.2, 0.25) is 5.91 Å². The van der Waals surface area contributed by atoms with Gasteiger partial charge in [0.25, 0.3) is 0 Å². The second-order valence-electron chi connectivity index (χ2n) is 4.56. The van der Waals surface area contributed by atoms with E-state index in [1.807, 2.05) is 0 Å². The average Bonchev–Trinajstić information content (AvgIpc) is 3.09. The Kier molecular flexibility index (Phi) is 2.16. The standard InChI is InChI=1S/C12H11ClN2O2/c13-8-1-3-9(4-2-8)15-10(16)12(5-6-12)7-14-11(15)17/h1-4H,5-7H2,(H,14,17). The minimum Gasteiger partial charge on any atom is -0.336 e. The van der Waals surface area contributed by atoms with E-state index in [0.717, 1.165) is 12.8 Å². The average molecular weight is 251 g/mol. The molecule has 3 rings (SSSR count). The molecule has 1 aliphatic carbocycles. The van der Waals surface area contributed by atoms with Crippen LogP contribution in [0.1, 0.15) is 12.8 Å². The molecule has 1 saturated heterocycles. The van der Waals surface area contributed by atoms with Crippen LogP contribution < -0.4 is 10.2 Å². The molecule has 88 valence electrons. The zero-order valence-electron chi connectivity index (χ0n) is 9.07. The van der Waals surface area contributed by atoms with Crippen LogP contribution >= 0.6 is 11.6 Å². The summed E-state index contributed by atoms with van der Waals surface area (Å²) in [7, 11) is 0. The molecule has 1 aromatic rings. The van der Waals surface area contributed by atoms with E-state index in [-0.39, 0.29) is 17.4 Å². The van der Waals surface area contributed by atoms with E-state index in [0.29, 0.717) is 17.3 Å². The number of hydrogen-bond donors (Lipinski definition) is 1. The number of nitrogens with one attached hydrogen (secondary N) is 1. The molecule has 1 aromatic carbocycles. The Labute approximate surface area is 104 Å². The number of benzene rings is 1. The van der Waals surface area contributed by atoms with E-state index in [1.165, 1.54) is 4.90 Å². The van der Waals surface area contributed by atoms with Crippen LogP contribution in [0.15, 0.2) is 24.3 Å². The van der Waals surface area contributed by atoms with Gasteiger partial charge in [-0.1, -0.05) is 11.6 Å². The van der Waals surface area contributed by atoms with Crippen molar-refractivity contribution in [1.82, 2.24) is 5.32 Å². The van der Waals surface area contributed by atoms with Gasteiger partial charge in [0.1, 0.15) is 0 Å². The summed E-state index contributed by atoms with van der Waals surface area (Å²) in [4.78, 5) is 25.2. The van der Waals surface area contributed by atoms with Gasteiger partial charge in [0.15, 0.2) is 0 Å². The predicted octanol–water partition coefficient (Wildman–Crippen LogP) is 2.18. The van der Waals surface area contributed by atoms with Crippen LogP contribution in [0, 0.1) is 5.41 Å². The first kappa shape index (κ1) is 10.6. The normalized spacial score (nSPS) is 21.6. The molecule has 1 heterocycles. The Morgan fingerprint density at radius 1 is 1.18 bits per heavy atom. The lowest BCUT2D eigenvalue weighted by Gasteiger charge is -2.31. The van der Waals surface area contributed by atoms with Gasteiger partial charge >= 0.3 is 6.03 Å². The van der Waals surface area contributed by atoms with Crippen LogP contribution in [0.25, 0.3) is 0 Å². The Morgan fingerprint density at radius 2 is 1.82 bits per heavy atom. The number of urea groups is 1. The first-order valence-electron chi connectivity index (χ1n) is 5.50. The van der Waals surface area contributed by atoms with Crippen molar-refractivity contribution in [2.45, 2.75) is 12.8 Å². The van der Waals surface area contributed by atoms with Crippen LogP contribution in [0.3, 0.4) is 0 Å². The number of imide groups is 1. The molecule has 3 amide bonds. The summed E-state index contributed by atoms with van der Waals surface area (Å²) in [5.74, 6) is -0.0939. The van der Waals surface area contributed by atoms with E-state index in [4.69, 9.17) is 11.6 Å². The van der Waals surface area contributed by atoms with E-state index in [1.54, 1.807) is 24.3 Å². The predicted molar refractivity (Wildman–Crippen MR) is 64.0 cm³/mol.